The van der Waals surface area contributed by atoms with Crippen molar-refractivity contribution in [2.45, 2.75) is 130 Å². The zero-order chi connectivity index (χ0) is 21.2. The molecule has 2 nitrogen and oxygen atoms in total. The summed E-state index contributed by atoms with van der Waals surface area (Å²) >= 11 is 0. The van der Waals surface area contributed by atoms with Gasteiger partial charge in [-0.2, -0.15) is 0 Å². The van der Waals surface area contributed by atoms with Gasteiger partial charge >= 0.3 is 0 Å². The second-order valence-corrected chi connectivity index (χ2v) is 11.4. The maximum absolute atomic E-state index is 10.2. The van der Waals surface area contributed by atoms with E-state index in [9.17, 15) is 10.2 Å². The molecule has 4 aliphatic rings. The van der Waals surface area contributed by atoms with E-state index < -0.39 is 0 Å². The lowest BCUT2D eigenvalue weighted by molar-refractivity contribution is -0.127. The largest absolute Gasteiger partial charge is 0.393 e. The third-order valence-corrected chi connectivity index (χ3v) is 10.4. The highest BCUT2D eigenvalue weighted by Gasteiger charge is 2.59. The van der Waals surface area contributed by atoms with Crippen molar-refractivity contribution in [3.63, 3.8) is 0 Å². The van der Waals surface area contributed by atoms with Crippen LogP contribution in [0.2, 0.25) is 0 Å². The van der Waals surface area contributed by atoms with E-state index in [1.54, 1.807) is 0 Å². The highest BCUT2D eigenvalue weighted by Crippen LogP contribution is 2.67. The van der Waals surface area contributed by atoms with Gasteiger partial charge in [-0.15, -0.1) is 0 Å². The van der Waals surface area contributed by atoms with Gasteiger partial charge in [-0.05, 0) is 117 Å². The van der Waals surface area contributed by atoms with E-state index >= 15 is 0 Å². The van der Waals surface area contributed by atoms with Crippen molar-refractivity contribution in [3.8, 4) is 0 Å². The monoisotopic (exact) mass is 406 g/mol. The minimum atomic E-state index is -0.0809. The number of rotatable bonds is 5. The van der Waals surface area contributed by atoms with Gasteiger partial charge in [-0.3, -0.25) is 0 Å². The first kappa shape index (κ1) is 23.6. The van der Waals surface area contributed by atoms with Crippen LogP contribution in [0.5, 0.6) is 0 Å². The van der Waals surface area contributed by atoms with Crippen molar-refractivity contribution >= 4 is 0 Å². The van der Waals surface area contributed by atoms with Gasteiger partial charge in [-0.1, -0.05) is 41.0 Å². The summed E-state index contributed by atoms with van der Waals surface area (Å²) in [5.41, 5.74) is 1.07. The lowest BCUT2D eigenvalue weighted by Gasteiger charge is -2.61. The molecule has 2 N–H and O–H groups in total. The van der Waals surface area contributed by atoms with Gasteiger partial charge in [0.2, 0.25) is 0 Å². The van der Waals surface area contributed by atoms with Crippen LogP contribution in [0.3, 0.4) is 0 Å². The van der Waals surface area contributed by atoms with E-state index in [0.29, 0.717) is 10.8 Å². The molecule has 4 unspecified atom stereocenters. The van der Waals surface area contributed by atoms with Crippen molar-refractivity contribution in [2.24, 2.45) is 40.4 Å². The Kier molecular flexibility index (Phi) is 7.80. The minimum absolute atomic E-state index is 0.0252. The molecule has 9 atom stereocenters. The molecule has 0 amide bonds. The number of hydrogen-bond acceptors (Lipinski definition) is 2. The van der Waals surface area contributed by atoms with Crippen LogP contribution in [0.1, 0.15) is 118 Å². The van der Waals surface area contributed by atoms with Crippen molar-refractivity contribution in [1.82, 2.24) is 0 Å². The summed E-state index contributed by atoms with van der Waals surface area (Å²) < 4.78 is 0. The Morgan fingerprint density at radius 3 is 2.31 bits per heavy atom. The molecule has 0 aromatic rings. The van der Waals surface area contributed by atoms with Crippen LogP contribution in [0.25, 0.3) is 0 Å². The third-order valence-electron chi connectivity index (χ3n) is 10.4. The van der Waals surface area contributed by atoms with Crippen LogP contribution in [-0.4, -0.2) is 22.4 Å². The van der Waals surface area contributed by atoms with Crippen LogP contribution < -0.4 is 0 Å². The highest BCUT2D eigenvalue weighted by molar-refractivity contribution is 5.09. The summed E-state index contributed by atoms with van der Waals surface area (Å²) in [6.45, 7) is 11.3. The molecule has 4 rings (SSSR count). The van der Waals surface area contributed by atoms with Crippen LogP contribution in [-0.2, 0) is 0 Å². The number of hydrogen-bond donors (Lipinski definition) is 2. The summed E-state index contributed by atoms with van der Waals surface area (Å²) in [6, 6.07) is 0. The summed E-state index contributed by atoms with van der Waals surface area (Å²) in [5, 5.41) is 20.1. The molecule has 0 heterocycles. The number of fused-ring (bicyclic) bond motifs is 5. The quantitative estimate of drug-likeness (QED) is 0.517. The molecule has 0 saturated heterocycles. The topological polar surface area (TPSA) is 40.5 Å². The fourth-order valence-electron chi connectivity index (χ4n) is 8.62. The van der Waals surface area contributed by atoms with Gasteiger partial charge < -0.3 is 10.2 Å². The summed E-state index contributed by atoms with van der Waals surface area (Å²) in [7, 11) is 0. The first-order valence-electron chi connectivity index (χ1n) is 13.2. The van der Waals surface area contributed by atoms with Gasteiger partial charge in [0, 0.05) is 0 Å². The molecule has 2 heteroatoms. The molecule has 0 bridgehead atoms. The molecule has 4 fully saturated rings. The van der Waals surface area contributed by atoms with Gasteiger partial charge in [-0.25, -0.2) is 0 Å². The standard InChI is InChI=1S/C25H44O2.C2H6/c1-4-19(26)7-5-6-17-9-11-22-21-10-8-18-16-20(27)12-14-25(18,3)23(21)13-15-24(17,22)2;1-2/h17-23,26-27H,4-16H2,1-3H3;1-2H3/t17-,18?,19?,20-,21-,22?,23?,24+,25-;/m0./s1. The van der Waals surface area contributed by atoms with E-state index in [1.165, 1.54) is 57.8 Å². The molecule has 0 aliphatic heterocycles. The average molecular weight is 407 g/mol. The van der Waals surface area contributed by atoms with E-state index in [1.807, 2.05) is 13.8 Å². The SMILES string of the molecule is CC.CCC(O)CCC[C@H]1CCC2[C@@H]3CCC4C[C@@H](O)CC[C@]4(C)C3CC[C@@]21C. The van der Waals surface area contributed by atoms with Crippen molar-refractivity contribution in [3.05, 3.63) is 0 Å². The van der Waals surface area contributed by atoms with Gasteiger partial charge in [0.05, 0.1) is 12.2 Å². The second kappa shape index (κ2) is 9.60. The zero-order valence-electron chi connectivity index (χ0n) is 20.1. The van der Waals surface area contributed by atoms with E-state index in [0.717, 1.165) is 55.3 Å². The Morgan fingerprint density at radius 1 is 0.897 bits per heavy atom. The molecular weight excluding hydrogens is 356 g/mol. The van der Waals surface area contributed by atoms with Gasteiger partial charge in [0.1, 0.15) is 0 Å². The molecule has 0 radical (unpaired) electrons. The molecule has 29 heavy (non-hydrogen) atoms. The van der Waals surface area contributed by atoms with Gasteiger partial charge in [0.15, 0.2) is 0 Å². The summed E-state index contributed by atoms with van der Waals surface area (Å²) in [6.07, 6.45) is 16.3. The van der Waals surface area contributed by atoms with Crippen LogP contribution in [0.4, 0.5) is 0 Å². The average Bonchev–Trinajstić information content (AvgIpc) is 3.06. The molecule has 0 aromatic heterocycles. The van der Waals surface area contributed by atoms with Crippen LogP contribution in [0, 0.1) is 40.4 Å². The second-order valence-electron chi connectivity index (χ2n) is 11.4. The smallest absolute Gasteiger partial charge is 0.0543 e. The normalized spacial score (nSPS) is 47.3. The predicted octanol–water partition coefficient (Wildman–Crippen LogP) is 6.97. The fourth-order valence-corrected chi connectivity index (χ4v) is 8.62. The fraction of sp³-hybridized carbons (Fsp3) is 1.00. The van der Waals surface area contributed by atoms with E-state index in [2.05, 4.69) is 20.8 Å². The lowest BCUT2D eigenvalue weighted by Crippen LogP contribution is -2.53. The Hall–Kier alpha value is -0.0800. The molecular formula is C27H50O2. The van der Waals surface area contributed by atoms with E-state index in [-0.39, 0.29) is 12.2 Å². The number of aliphatic hydroxyl groups excluding tert-OH is 2. The van der Waals surface area contributed by atoms with Crippen molar-refractivity contribution in [1.29, 1.82) is 0 Å². The molecule has 0 spiro atoms. The highest BCUT2D eigenvalue weighted by atomic mass is 16.3. The first-order chi connectivity index (χ1) is 13.9. The maximum Gasteiger partial charge on any atom is 0.0543 e. The van der Waals surface area contributed by atoms with Crippen LogP contribution >= 0.6 is 0 Å². The van der Waals surface area contributed by atoms with E-state index in [4.69, 9.17) is 0 Å². The Balaban J connectivity index is 0.00000117. The summed E-state index contributed by atoms with van der Waals surface area (Å²) in [5.74, 6) is 4.49. The Morgan fingerprint density at radius 2 is 1.59 bits per heavy atom. The molecule has 4 saturated carbocycles. The summed E-state index contributed by atoms with van der Waals surface area (Å²) in [4.78, 5) is 0. The lowest BCUT2D eigenvalue weighted by atomic mass is 9.44. The van der Waals surface area contributed by atoms with Gasteiger partial charge in [0.25, 0.3) is 0 Å². The first-order valence-corrected chi connectivity index (χ1v) is 13.2. The molecule has 4 aliphatic carbocycles. The van der Waals surface area contributed by atoms with Crippen molar-refractivity contribution < 1.29 is 10.2 Å². The predicted molar refractivity (Wildman–Crippen MR) is 123 cm³/mol. The Labute approximate surface area is 181 Å². The van der Waals surface area contributed by atoms with Crippen molar-refractivity contribution in [2.75, 3.05) is 0 Å². The molecule has 0 aromatic carbocycles. The molecule has 170 valence electrons. The number of aliphatic hydroxyl groups is 2. The zero-order valence-corrected chi connectivity index (χ0v) is 20.1. The Bertz CT molecular complexity index is 519. The minimum Gasteiger partial charge on any atom is -0.393 e. The maximum atomic E-state index is 10.2. The van der Waals surface area contributed by atoms with Crippen LogP contribution in [0.15, 0.2) is 0 Å². The third kappa shape index (κ3) is 4.32.